The fraction of sp³-hybridized carbons (Fsp3) is 0.227. The molecule has 2 aromatic carbocycles. The van der Waals surface area contributed by atoms with E-state index in [9.17, 15) is 19.7 Å². The van der Waals surface area contributed by atoms with Crippen molar-refractivity contribution in [3.05, 3.63) is 56.2 Å². The number of aromatic nitrogens is 1. The number of nitro groups is 1. The first-order chi connectivity index (χ1) is 16.4. The lowest BCUT2D eigenvalue weighted by Gasteiger charge is -2.18. The maximum Gasteiger partial charge on any atom is 0.326 e. The van der Waals surface area contributed by atoms with Crippen molar-refractivity contribution < 1.29 is 28.7 Å². The largest absolute Gasteiger partial charge is 0.486 e. The Morgan fingerprint density at radius 2 is 1.88 bits per heavy atom. The van der Waals surface area contributed by atoms with Crippen LogP contribution >= 0.6 is 22.7 Å². The number of hydrogen-bond donors (Lipinski definition) is 0. The maximum atomic E-state index is 13.0. The van der Waals surface area contributed by atoms with E-state index in [1.165, 1.54) is 34.8 Å². The normalized spacial score (nSPS) is 13.4. The van der Waals surface area contributed by atoms with Gasteiger partial charge in [0, 0.05) is 34.4 Å². The van der Waals surface area contributed by atoms with Gasteiger partial charge in [-0.05, 0) is 19.1 Å². The minimum atomic E-state index is -0.509. The highest BCUT2D eigenvalue weighted by molar-refractivity contribution is 7.21. The molecule has 0 spiro atoms. The molecule has 10 nitrogen and oxygen atoms in total. The number of nitrogens with zero attached hydrogens (tertiary/aromatic N) is 3. The van der Waals surface area contributed by atoms with Gasteiger partial charge < -0.3 is 18.8 Å². The van der Waals surface area contributed by atoms with Crippen molar-refractivity contribution >= 4 is 60.5 Å². The van der Waals surface area contributed by atoms with Gasteiger partial charge >= 0.3 is 5.97 Å². The SMILES string of the molecule is CCOC(=O)Cn1c(=NC(=O)c2cc3cc([N+](=O)[O-])ccc3s2)sc2cc3c(cc21)OCCO3. The van der Waals surface area contributed by atoms with Crippen molar-refractivity contribution in [1.29, 1.82) is 0 Å². The van der Waals surface area contributed by atoms with Crippen molar-refractivity contribution in [2.45, 2.75) is 13.5 Å². The molecule has 0 saturated carbocycles. The topological polar surface area (TPSA) is 122 Å². The minimum absolute atomic E-state index is 0.0496. The second-order valence-corrected chi connectivity index (χ2v) is 9.34. The van der Waals surface area contributed by atoms with Crippen LogP contribution in [0.2, 0.25) is 0 Å². The van der Waals surface area contributed by atoms with Crippen molar-refractivity contribution in [2.24, 2.45) is 4.99 Å². The molecule has 1 aliphatic heterocycles. The van der Waals surface area contributed by atoms with Crippen LogP contribution < -0.4 is 14.3 Å². The van der Waals surface area contributed by atoms with Crippen molar-refractivity contribution in [3.8, 4) is 11.5 Å². The number of thiazole rings is 1. The first-order valence-corrected chi connectivity index (χ1v) is 11.9. The van der Waals surface area contributed by atoms with Gasteiger partial charge in [-0.1, -0.05) is 11.3 Å². The molecule has 1 aliphatic rings. The fourth-order valence-corrected chi connectivity index (χ4v) is 5.54. The molecule has 34 heavy (non-hydrogen) atoms. The number of carbonyl (C=O) groups is 2. The summed E-state index contributed by atoms with van der Waals surface area (Å²) in [6.07, 6.45) is 0. The zero-order chi connectivity index (χ0) is 23.8. The predicted molar refractivity (Wildman–Crippen MR) is 126 cm³/mol. The third kappa shape index (κ3) is 4.13. The van der Waals surface area contributed by atoms with Gasteiger partial charge in [0.25, 0.3) is 11.6 Å². The smallest absolute Gasteiger partial charge is 0.326 e. The number of fused-ring (bicyclic) bond motifs is 3. The lowest BCUT2D eigenvalue weighted by molar-refractivity contribution is -0.384. The third-order valence-corrected chi connectivity index (χ3v) is 7.20. The zero-order valence-corrected chi connectivity index (χ0v) is 19.4. The second kappa shape index (κ2) is 8.88. The molecule has 0 fully saturated rings. The molecule has 0 saturated heterocycles. The third-order valence-electron chi connectivity index (χ3n) is 5.06. The van der Waals surface area contributed by atoms with E-state index < -0.39 is 16.8 Å². The van der Waals surface area contributed by atoms with Gasteiger partial charge in [-0.25, -0.2) is 0 Å². The van der Waals surface area contributed by atoms with E-state index in [4.69, 9.17) is 14.2 Å². The van der Waals surface area contributed by atoms with Crippen molar-refractivity contribution in [2.75, 3.05) is 19.8 Å². The highest BCUT2D eigenvalue weighted by Gasteiger charge is 2.19. The van der Waals surface area contributed by atoms with Gasteiger partial charge in [0.2, 0.25) is 0 Å². The number of rotatable bonds is 5. The maximum absolute atomic E-state index is 13.0. The predicted octanol–water partition coefficient (Wildman–Crippen LogP) is 3.90. The molecule has 0 unspecified atom stereocenters. The van der Waals surface area contributed by atoms with Crippen LogP contribution in [-0.2, 0) is 16.1 Å². The lowest BCUT2D eigenvalue weighted by atomic mass is 10.2. The van der Waals surface area contributed by atoms with E-state index in [0.717, 1.165) is 9.40 Å². The molecule has 0 aliphatic carbocycles. The summed E-state index contributed by atoms with van der Waals surface area (Å²) in [6.45, 7) is 2.68. The number of benzene rings is 2. The van der Waals surface area contributed by atoms with Gasteiger partial charge in [0.1, 0.15) is 19.8 Å². The first kappa shape index (κ1) is 22.0. The second-order valence-electron chi connectivity index (χ2n) is 7.25. The average molecular weight is 500 g/mol. The van der Waals surface area contributed by atoms with E-state index in [0.29, 0.717) is 45.3 Å². The molecule has 0 atom stereocenters. The molecule has 0 bridgehead atoms. The Morgan fingerprint density at radius 3 is 2.62 bits per heavy atom. The number of nitro benzene ring substituents is 1. The van der Waals surface area contributed by atoms with Gasteiger partial charge in [0.15, 0.2) is 16.3 Å². The van der Waals surface area contributed by atoms with Crippen LogP contribution in [0.1, 0.15) is 16.6 Å². The molecule has 5 rings (SSSR count). The zero-order valence-electron chi connectivity index (χ0n) is 17.8. The van der Waals surface area contributed by atoms with Crippen LogP contribution in [-0.4, -0.2) is 41.2 Å². The molecule has 3 heterocycles. The lowest BCUT2D eigenvalue weighted by Crippen LogP contribution is -2.23. The number of carbonyl (C=O) groups excluding carboxylic acids is 2. The van der Waals surface area contributed by atoms with E-state index in [1.54, 1.807) is 35.8 Å². The highest BCUT2D eigenvalue weighted by atomic mass is 32.1. The van der Waals surface area contributed by atoms with Gasteiger partial charge in [0.05, 0.1) is 26.6 Å². The Kier molecular flexibility index (Phi) is 5.75. The van der Waals surface area contributed by atoms with Crippen LogP contribution in [0.25, 0.3) is 20.3 Å². The van der Waals surface area contributed by atoms with Gasteiger partial charge in [-0.2, -0.15) is 4.99 Å². The van der Waals surface area contributed by atoms with Crippen LogP contribution in [0.15, 0.2) is 41.4 Å². The Bertz CT molecular complexity index is 1530. The van der Waals surface area contributed by atoms with E-state index in [2.05, 4.69) is 4.99 Å². The standard InChI is InChI=1S/C22H17N3O7S2/c1-2-30-20(26)11-24-14-9-15-16(32-6-5-31-15)10-18(14)34-22(24)23-21(27)19-8-12-7-13(25(28)29)3-4-17(12)33-19/h3-4,7-10H,2,5-6,11H2,1H3. The molecular formula is C22H17N3O7S2. The minimum Gasteiger partial charge on any atom is -0.486 e. The van der Waals surface area contributed by atoms with Crippen LogP contribution in [0, 0.1) is 10.1 Å². The Balaban J connectivity index is 1.60. The summed E-state index contributed by atoms with van der Waals surface area (Å²) >= 11 is 2.44. The summed E-state index contributed by atoms with van der Waals surface area (Å²) in [5.41, 5.74) is 0.618. The Morgan fingerprint density at radius 1 is 1.12 bits per heavy atom. The van der Waals surface area contributed by atoms with Gasteiger partial charge in [-0.15, -0.1) is 11.3 Å². The Labute approximate surface area is 199 Å². The highest BCUT2D eigenvalue weighted by Crippen LogP contribution is 2.36. The number of amides is 1. The molecule has 0 N–H and O–H groups in total. The Hall–Kier alpha value is -3.77. The molecule has 2 aromatic heterocycles. The van der Waals surface area contributed by atoms with E-state index >= 15 is 0 Å². The monoisotopic (exact) mass is 499 g/mol. The van der Waals surface area contributed by atoms with E-state index in [-0.39, 0.29) is 18.8 Å². The molecular weight excluding hydrogens is 482 g/mol. The molecule has 174 valence electrons. The first-order valence-electron chi connectivity index (χ1n) is 10.3. The van der Waals surface area contributed by atoms with Crippen LogP contribution in [0.5, 0.6) is 11.5 Å². The fourth-order valence-electron chi connectivity index (χ4n) is 3.57. The summed E-state index contributed by atoms with van der Waals surface area (Å²) in [4.78, 5) is 40.8. The van der Waals surface area contributed by atoms with Crippen molar-refractivity contribution in [3.63, 3.8) is 0 Å². The number of hydrogen-bond acceptors (Lipinski definition) is 9. The van der Waals surface area contributed by atoms with Crippen LogP contribution in [0.3, 0.4) is 0 Å². The summed E-state index contributed by atoms with van der Waals surface area (Å²) in [6, 6.07) is 9.59. The van der Waals surface area contributed by atoms with Crippen LogP contribution in [0.4, 0.5) is 5.69 Å². The van der Waals surface area contributed by atoms with Gasteiger partial charge in [-0.3, -0.25) is 19.7 Å². The molecule has 4 aromatic rings. The number of esters is 1. The summed E-state index contributed by atoms with van der Waals surface area (Å²) in [5.74, 6) is 0.177. The number of thiophene rings is 1. The summed E-state index contributed by atoms with van der Waals surface area (Å²) < 4.78 is 19.5. The molecule has 12 heteroatoms. The summed E-state index contributed by atoms with van der Waals surface area (Å²) in [5, 5.41) is 11.6. The molecule has 1 amide bonds. The molecule has 0 radical (unpaired) electrons. The number of ether oxygens (including phenoxy) is 3. The summed E-state index contributed by atoms with van der Waals surface area (Å²) in [7, 11) is 0. The van der Waals surface area contributed by atoms with Crippen molar-refractivity contribution in [1.82, 2.24) is 4.57 Å². The average Bonchev–Trinajstić information content (AvgIpc) is 3.38. The van der Waals surface area contributed by atoms with E-state index in [1.807, 2.05) is 0 Å². The quantitative estimate of drug-likeness (QED) is 0.232. The number of non-ortho nitro benzene ring substituents is 1.